The van der Waals surface area contributed by atoms with Gasteiger partial charge < -0.3 is 20.1 Å². The molecule has 7 nitrogen and oxygen atoms in total. The Morgan fingerprint density at radius 1 is 1.28 bits per heavy atom. The van der Waals surface area contributed by atoms with E-state index in [1.54, 1.807) is 23.4 Å². The lowest BCUT2D eigenvalue weighted by atomic mass is 10.0. The first-order valence-electron chi connectivity index (χ1n) is 9.66. The topological polar surface area (TPSA) is 91.8 Å². The molecule has 0 aliphatic carbocycles. The number of ether oxygens (including phenoxy) is 1. The zero-order valence-electron chi connectivity index (χ0n) is 15.9. The zero-order chi connectivity index (χ0) is 20.2. The number of likely N-dealkylation sites (tertiary alicyclic amines) is 1. The first-order chi connectivity index (χ1) is 14.1. The number of aliphatic hydroxyl groups excluding tert-OH is 1. The van der Waals surface area contributed by atoms with Crippen LogP contribution in [0.1, 0.15) is 18.4 Å². The number of benzene rings is 1. The van der Waals surface area contributed by atoms with Crippen LogP contribution < -0.4 is 10.1 Å². The van der Waals surface area contributed by atoms with Crippen molar-refractivity contribution < 1.29 is 19.4 Å². The lowest BCUT2D eigenvalue weighted by molar-refractivity contribution is -0.134. The summed E-state index contributed by atoms with van der Waals surface area (Å²) in [6.07, 6.45) is 4.03. The van der Waals surface area contributed by atoms with E-state index in [1.807, 2.05) is 24.3 Å². The van der Waals surface area contributed by atoms with E-state index >= 15 is 0 Å². The van der Waals surface area contributed by atoms with E-state index in [0.717, 1.165) is 16.1 Å². The summed E-state index contributed by atoms with van der Waals surface area (Å²) < 4.78 is 6.01. The second-order valence-electron chi connectivity index (χ2n) is 7.19. The quantitative estimate of drug-likeness (QED) is 0.730. The SMILES string of the molecule is O=C1CCc2cc(O[C@@H]3CCN(C(=O)CSc4ccncc4)C[C@H]3O)ccc2N1. The predicted molar refractivity (Wildman–Crippen MR) is 110 cm³/mol. The van der Waals surface area contributed by atoms with Crippen molar-refractivity contribution in [3.05, 3.63) is 48.3 Å². The number of aliphatic hydroxyl groups is 1. The molecule has 1 aromatic heterocycles. The van der Waals surface area contributed by atoms with E-state index in [4.69, 9.17) is 4.74 Å². The standard InChI is InChI=1S/C21H23N3O4S/c25-18-12-24(21(27)13-29-16-5-8-22-9-6-16)10-7-19(18)28-15-2-3-17-14(11-15)1-4-20(26)23-17/h2-3,5-6,8-9,11,18-19,25H,1,4,7,10,12-13H2,(H,23,26)/t18-,19-/m1/s1. The summed E-state index contributed by atoms with van der Waals surface area (Å²) in [4.78, 5) is 30.6. The third-order valence-corrected chi connectivity index (χ3v) is 6.14. The molecule has 8 heteroatoms. The summed E-state index contributed by atoms with van der Waals surface area (Å²) in [5.41, 5.74) is 1.86. The van der Waals surface area contributed by atoms with E-state index in [1.165, 1.54) is 11.8 Å². The highest BCUT2D eigenvalue weighted by molar-refractivity contribution is 8.00. The van der Waals surface area contributed by atoms with Gasteiger partial charge in [-0.1, -0.05) is 0 Å². The molecule has 2 aliphatic heterocycles. The Hall–Kier alpha value is -2.58. The lowest BCUT2D eigenvalue weighted by Gasteiger charge is -2.36. The summed E-state index contributed by atoms with van der Waals surface area (Å²) in [5.74, 6) is 1.05. The second-order valence-corrected chi connectivity index (χ2v) is 8.24. The Balaban J connectivity index is 1.30. The molecular weight excluding hydrogens is 390 g/mol. The van der Waals surface area contributed by atoms with Crippen LogP contribution in [0.2, 0.25) is 0 Å². The monoisotopic (exact) mass is 413 g/mol. The highest BCUT2D eigenvalue weighted by atomic mass is 32.2. The fourth-order valence-corrected chi connectivity index (χ4v) is 4.34. The highest BCUT2D eigenvalue weighted by Crippen LogP contribution is 2.29. The van der Waals surface area contributed by atoms with Crippen LogP contribution >= 0.6 is 11.8 Å². The number of β-amino-alcohol motifs (C(OH)–C–C–N with tert-alkyl or cyclic N) is 1. The van der Waals surface area contributed by atoms with Gasteiger partial charge in [-0.15, -0.1) is 11.8 Å². The van der Waals surface area contributed by atoms with Crippen LogP contribution in [0.25, 0.3) is 0 Å². The summed E-state index contributed by atoms with van der Waals surface area (Å²) in [6, 6.07) is 9.31. The van der Waals surface area contributed by atoms with Crippen LogP contribution in [-0.2, 0) is 16.0 Å². The van der Waals surface area contributed by atoms with Gasteiger partial charge in [0, 0.05) is 42.4 Å². The molecule has 152 valence electrons. The normalized spacial score (nSPS) is 21.3. The molecule has 2 N–H and O–H groups in total. The average Bonchev–Trinajstić information content (AvgIpc) is 2.74. The van der Waals surface area contributed by atoms with Crippen molar-refractivity contribution in [3.63, 3.8) is 0 Å². The Kier molecular flexibility index (Phi) is 6.01. The number of rotatable bonds is 5. The molecule has 2 aromatic rings. The molecule has 3 heterocycles. The second kappa shape index (κ2) is 8.84. The molecule has 0 unspecified atom stereocenters. The Morgan fingerprint density at radius 2 is 2.10 bits per heavy atom. The highest BCUT2D eigenvalue weighted by Gasteiger charge is 2.31. The number of pyridine rings is 1. The van der Waals surface area contributed by atoms with E-state index in [2.05, 4.69) is 10.3 Å². The maximum atomic E-state index is 12.5. The number of nitrogens with zero attached hydrogens (tertiary/aromatic N) is 2. The lowest BCUT2D eigenvalue weighted by Crippen LogP contribution is -2.51. The molecule has 1 fully saturated rings. The van der Waals surface area contributed by atoms with E-state index in [0.29, 0.717) is 37.3 Å². The van der Waals surface area contributed by atoms with Gasteiger partial charge in [0.2, 0.25) is 11.8 Å². The van der Waals surface area contributed by atoms with Crippen molar-refractivity contribution in [1.29, 1.82) is 0 Å². The number of piperidine rings is 1. The van der Waals surface area contributed by atoms with Crippen LogP contribution in [0.4, 0.5) is 5.69 Å². The van der Waals surface area contributed by atoms with E-state index < -0.39 is 6.10 Å². The van der Waals surface area contributed by atoms with Crippen molar-refractivity contribution >= 4 is 29.3 Å². The molecule has 1 saturated heterocycles. The summed E-state index contributed by atoms with van der Waals surface area (Å²) in [5, 5.41) is 13.4. The summed E-state index contributed by atoms with van der Waals surface area (Å²) in [6.45, 7) is 0.819. The molecule has 1 aromatic carbocycles. The zero-order valence-corrected chi connectivity index (χ0v) is 16.7. The van der Waals surface area contributed by atoms with Crippen molar-refractivity contribution in [2.75, 3.05) is 24.2 Å². The van der Waals surface area contributed by atoms with Gasteiger partial charge in [0.05, 0.1) is 12.3 Å². The number of thioether (sulfide) groups is 1. The minimum Gasteiger partial charge on any atom is -0.488 e. The third kappa shape index (κ3) is 4.89. The van der Waals surface area contributed by atoms with Gasteiger partial charge in [0.25, 0.3) is 0 Å². The number of aromatic nitrogens is 1. The number of carbonyl (C=O) groups excluding carboxylic acids is 2. The first kappa shape index (κ1) is 19.7. The molecule has 0 spiro atoms. The number of anilines is 1. The van der Waals surface area contributed by atoms with E-state index in [-0.39, 0.29) is 24.5 Å². The van der Waals surface area contributed by atoms with E-state index in [9.17, 15) is 14.7 Å². The molecule has 2 amide bonds. The number of hydrogen-bond acceptors (Lipinski definition) is 6. The van der Waals surface area contributed by atoms with Crippen molar-refractivity contribution in [2.45, 2.75) is 36.4 Å². The van der Waals surface area contributed by atoms with Crippen LogP contribution in [0.15, 0.2) is 47.6 Å². The minimum atomic E-state index is -0.741. The molecule has 29 heavy (non-hydrogen) atoms. The third-order valence-electron chi connectivity index (χ3n) is 5.14. The number of carbonyl (C=O) groups is 2. The van der Waals surface area contributed by atoms with Crippen LogP contribution in [-0.4, -0.2) is 57.9 Å². The van der Waals surface area contributed by atoms with Crippen LogP contribution in [0.5, 0.6) is 5.75 Å². The Labute approximate surface area is 173 Å². The van der Waals surface area contributed by atoms with Gasteiger partial charge in [-0.05, 0) is 42.3 Å². The molecule has 4 rings (SSSR count). The van der Waals surface area contributed by atoms with Crippen molar-refractivity contribution in [1.82, 2.24) is 9.88 Å². The van der Waals surface area contributed by atoms with Crippen molar-refractivity contribution in [2.24, 2.45) is 0 Å². The molecule has 0 radical (unpaired) electrons. The predicted octanol–water partition coefficient (Wildman–Crippen LogP) is 2.10. The summed E-state index contributed by atoms with van der Waals surface area (Å²) in [7, 11) is 0. The van der Waals surface area contributed by atoms with Gasteiger partial charge >= 0.3 is 0 Å². The van der Waals surface area contributed by atoms with Gasteiger partial charge in [-0.2, -0.15) is 0 Å². The first-order valence-corrected chi connectivity index (χ1v) is 10.6. The molecule has 2 atom stereocenters. The van der Waals surface area contributed by atoms with Gasteiger partial charge in [0.15, 0.2) is 0 Å². The fourth-order valence-electron chi connectivity index (χ4n) is 3.55. The van der Waals surface area contributed by atoms with Crippen LogP contribution in [0, 0.1) is 0 Å². The molecule has 0 saturated carbocycles. The largest absolute Gasteiger partial charge is 0.488 e. The van der Waals surface area contributed by atoms with Gasteiger partial charge in [0.1, 0.15) is 18.0 Å². The number of fused-ring (bicyclic) bond motifs is 1. The number of nitrogens with one attached hydrogen (secondary N) is 1. The molecule has 0 bridgehead atoms. The minimum absolute atomic E-state index is 0.00818. The fraction of sp³-hybridized carbons (Fsp3) is 0.381. The number of amides is 2. The maximum absolute atomic E-state index is 12.5. The Morgan fingerprint density at radius 3 is 2.90 bits per heavy atom. The van der Waals surface area contributed by atoms with Gasteiger partial charge in [-0.3, -0.25) is 14.6 Å². The van der Waals surface area contributed by atoms with Crippen molar-refractivity contribution in [3.8, 4) is 5.75 Å². The molecule has 2 aliphatic rings. The average molecular weight is 413 g/mol. The van der Waals surface area contributed by atoms with Crippen LogP contribution in [0.3, 0.4) is 0 Å². The smallest absolute Gasteiger partial charge is 0.233 e. The summed E-state index contributed by atoms with van der Waals surface area (Å²) >= 11 is 1.47. The number of hydrogen-bond donors (Lipinski definition) is 2. The maximum Gasteiger partial charge on any atom is 0.233 e. The Bertz CT molecular complexity index is 893. The molecular formula is C21H23N3O4S. The van der Waals surface area contributed by atoms with Gasteiger partial charge in [-0.25, -0.2) is 0 Å². The number of aryl methyl sites for hydroxylation is 1.